The Labute approximate surface area is 369 Å². The molecule has 0 amide bonds. The van der Waals surface area contributed by atoms with Gasteiger partial charge in [-0.3, -0.25) is 9.59 Å². The molecule has 0 aromatic heterocycles. The number of hydrogen-bond acceptors (Lipinski definition) is 5. The Morgan fingerprint density at radius 3 is 1.28 bits per heavy atom. The van der Waals surface area contributed by atoms with Crippen LogP contribution in [0.15, 0.2) is 122 Å². The van der Waals surface area contributed by atoms with Crippen LogP contribution in [0.3, 0.4) is 0 Å². The van der Waals surface area contributed by atoms with Crippen LogP contribution in [0.5, 0.6) is 0 Å². The molecule has 0 aliphatic carbocycles. The lowest BCUT2D eigenvalue weighted by Crippen LogP contribution is -2.30. The highest BCUT2D eigenvalue weighted by Crippen LogP contribution is 2.12. The first-order chi connectivity index (χ1) is 29.6. The molecule has 0 N–H and O–H groups in total. The van der Waals surface area contributed by atoms with Gasteiger partial charge in [-0.25, -0.2) is 0 Å². The molecule has 5 heteroatoms. The Morgan fingerprint density at radius 1 is 0.400 bits per heavy atom. The summed E-state index contributed by atoms with van der Waals surface area (Å²) in [4.78, 5) is 25.2. The van der Waals surface area contributed by atoms with Gasteiger partial charge in [-0.15, -0.1) is 0 Å². The molecule has 1 unspecified atom stereocenters. The molecule has 0 aliphatic rings. The van der Waals surface area contributed by atoms with Crippen molar-refractivity contribution in [3.63, 3.8) is 0 Å². The van der Waals surface area contributed by atoms with Crippen LogP contribution in [-0.2, 0) is 23.8 Å². The van der Waals surface area contributed by atoms with E-state index in [4.69, 9.17) is 14.2 Å². The summed E-state index contributed by atoms with van der Waals surface area (Å²) in [6.45, 7) is 7.39. The Balaban J connectivity index is 4.39. The molecule has 0 saturated carbocycles. The highest BCUT2D eigenvalue weighted by Gasteiger charge is 2.17. The molecule has 0 fully saturated rings. The second-order valence-electron chi connectivity index (χ2n) is 15.3. The number of rotatable bonds is 42. The molecule has 5 nitrogen and oxygen atoms in total. The number of unbranched alkanes of at least 4 members (excludes halogenated alkanes) is 12. The summed E-state index contributed by atoms with van der Waals surface area (Å²) in [6.07, 6.45) is 69.5. The van der Waals surface area contributed by atoms with Crippen LogP contribution in [0.25, 0.3) is 0 Å². The summed E-state index contributed by atoms with van der Waals surface area (Å²) in [5, 5.41) is 0. The van der Waals surface area contributed by atoms with Gasteiger partial charge < -0.3 is 14.2 Å². The minimum absolute atomic E-state index is 0.0142. The smallest absolute Gasteiger partial charge is 0.309 e. The first kappa shape index (κ1) is 56.3. The molecule has 60 heavy (non-hydrogen) atoms. The van der Waals surface area contributed by atoms with Crippen molar-refractivity contribution in [3.8, 4) is 0 Å². The van der Waals surface area contributed by atoms with Crippen molar-refractivity contribution in [1.82, 2.24) is 0 Å². The molecule has 0 spiro atoms. The zero-order valence-corrected chi connectivity index (χ0v) is 38.7. The predicted octanol–water partition coefficient (Wildman–Crippen LogP) is 16.2. The summed E-state index contributed by atoms with van der Waals surface area (Å²) in [5.41, 5.74) is 0. The molecule has 0 aromatic carbocycles. The predicted molar refractivity (Wildman–Crippen MR) is 260 cm³/mol. The molecule has 1 atom stereocenters. The second-order valence-corrected chi connectivity index (χ2v) is 15.3. The average molecular weight is 829 g/mol. The third-order valence-corrected chi connectivity index (χ3v) is 9.53. The zero-order valence-electron chi connectivity index (χ0n) is 38.7. The number of carbonyl (C=O) groups excluding carboxylic acids is 2. The topological polar surface area (TPSA) is 61.8 Å². The molecule has 0 saturated heterocycles. The molecular weight excluding hydrogens is 741 g/mol. The van der Waals surface area contributed by atoms with Crippen molar-refractivity contribution < 1.29 is 23.8 Å². The van der Waals surface area contributed by atoms with Gasteiger partial charge >= 0.3 is 11.9 Å². The maximum Gasteiger partial charge on any atom is 0.309 e. The summed E-state index contributed by atoms with van der Waals surface area (Å²) in [5.74, 6) is -0.570. The van der Waals surface area contributed by atoms with Gasteiger partial charge in [-0.2, -0.15) is 0 Å². The van der Waals surface area contributed by atoms with Gasteiger partial charge in [0.2, 0.25) is 0 Å². The molecule has 0 rings (SSSR count). The van der Waals surface area contributed by atoms with Gasteiger partial charge in [0.15, 0.2) is 6.10 Å². The molecular formula is C55H88O5. The lowest BCUT2D eigenvalue weighted by Gasteiger charge is -2.18. The monoisotopic (exact) mass is 829 g/mol. The number of carbonyl (C=O) groups is 2. The van der Waals surface area contributed by atoms with Gasteiger partial charge in [0.1, 0.15) is 6.61 Å². The van der Waals surface area contributed by atoms with E-state index < -0.39 is 6.10 Å². The number of ether oxygens (including phenoxy) is 3. The third kappa shape index (κ3) is 47.0. The van der Waals surface area contributed by atoms with Crippen LogP contribution < -0.4 is 0 Å². The first-order valence-electron chi connectivity index (χ1n) is 24.1. The third-order valence-electron chi connectivity index (χ3n) is 9.53. The lowest BCUT2D eigenvalue weighted by atomic mass is 10.1. The fourth-order valence-electron chi connectivity index (χ4n) is 6.02. The van der Waals surface area contributed by atoms with Crippen molar-refractivity contribution in [2.45, 2.75) is 194 Å². The van der Waals surface area contributed by atoms with Crippen molar-refractivity contribution in [2.75, 3.05) is 19.8 Å². The van der Waals surface area contributed by atoms with E-state index in [1.165, 1.54) is 38.5 Å². The summed E-state index contributed by atoms with van der Waals surface area (Å²) < 4.78 is 17.2. The molecule has 0 aliphatic heterocycles. The van der Waals surface area contributed by atoms with Crippen LogP contribution >= 0.6 is 0 Å². The van der Waals surface area contributed by atoms with Crippen molar-refractivity contribution in [1.29, 1.82) is 0 Å². The standard InChI is InChI=1S/C55H88O5/c1-4-7-10-13-16-19-21-23-25-26-27-28-29-31-33-35-38-41-44-47-50-58-51-53(60-55(57)49-46-43-40-36-18-15-12-9-6-3)52-59-54(56)48-45-42-39-37-34-32-30-24-22-20-17-14-11-8-5-2/h7-8,10-11,16-17,19-20,23-25,27-28,30-31,33-34,37,42,45,53H,4-6,9,12-15,18,21-22,26,29,32,35-36,38-41,43-44,46-52H2,1-3H3/b10-7-,11-8-,19-16-,20-17-,25-23-,28-27-,30-24-,33-31-,37-34-,45-42-. The van der Waals surface area contributed by atoms with E-state index >= 15 is 0 Å². The summed E-state index contributed by atoms with van der Waals surface area (Å²) in [7, 11) is 0. The quantitative estimate of drug-likeness (QED) is 0.0348. The van der Waals surface area contributed by atoms with Gasteiger partial charge in [0, 0.05) is 13.0 Å². The second kappa shape index (κ2) is 49.7. The Morgan fingerprint density at radius 2 is 0.800 bits per heavy atom. The zero-order chi connectivity index (χ0) is 43.5. The van der Waals surface area contributed by atoms with E-state index in [1.54, 1.807) is 0 Å². The van der Waals surface area contributed by atoms with E-state index in [0.717, 1.165) is 116 Å². The Hall–Kier alpha value is -3.70. The fraction of sp³-hybridized carbons (Fsp3) is 0.600. The highest BCUT2D eigenvalue weighted by molar-refractivity contribution is 5.71. The fourth-order valence-corrected chi connectivity index (χ4v) is 6.02. The van der Waals surface area contributed by atoms with Gasteiger partial charge in [-0.05, 0) is 89.9 Å². The van der Waals surface area contributed by atoms with E-state index in [9.17, 15) is 9.59 Å². The molecule has 0 aromatic rings. The largest absolute Gasteiger partial charge is 0.461 e. The Bertz CT molecular complexity index is 1260. The highest BCUT2D eigenvalue weighted by atomic mass is 16.6. The van der Waals surface area contributed by atoms with Crippen LogP contribution in [0.1, 0.15) is 188 Å². The van der Waals surface area contributed by atoms with E-state index in [2.05, 4.69) is 130 Å². The van der Waals surface area contributed by atoms with Gasteiger partial charge in [-0.1, -0.05) is 206 Å². The van der Waals surface area contributed by atoms with Crippen LogP contribution in [-0.4, -0.2) is 37.9 Å². The van der Waals surface area contributed by atoms with Crippen LogP contribution in [0.4, 0.5) is 0 Å². The minimum Gasteiger partial charge on any atom is -0.461 e. The summed E-state index contributed by atoms with van der Waals surface area (Å²) in [6, 6.07) is 0. The molecule has 0 radical (unpaired) electrons. The lowest BCUT2D eigenvalue weighted by molar-refractivity contribution is -0.162. The number of allylic oxidation sites excluding steroid dienone is 19. The number of hydrogen-bond donors (Lipinski definition) is 0. The average Bonchev–Trinajstić information content (AvgIpc) is 3.25. The first-order valence-corrected chi connectivity index (χ1v) is 24.1. The maximum atomic E-state index is 12.7. The van der Waals surface area contributed by atoms with Crippen molar-refractivity contribution >= 4 is 11.9 Å². The van der Waals surface area contributed by atoms with Crippen LogP contribution in [0, 0.1) is 0 Å². The van der Waals surface area contributed by atoms with E-state index in [0.29, 0.717) is 13.0 Å². The van der Waals surface area contributed by atoms with Crippen molar-refractivity contribution in [3.05, 3.63) is 122 Å². The normalized spacial score (nSPS) is 13.3. The van der Waals surface area contributed by atoms with Crippen molar-refractivity contribution in [2.24, 2.45) is 0 Å². The Kier molecular flexibility index (Phi) is 46.6. The van der Waals surface area contributed by atoms with Crippen LogP contribution in [0.2, 0.25) is 0 Å². The SMILES string of the molecule is CC/C=C\C/C=C\C/C=C\C/C=C\C/C=C\CCCCCCOCC(COC(=O)C/C=C\C/C=C\C/C=C\C/C=C\C/C=C\CC)OC(=O)CCCCCCCCCCC. The van der Waals surface area contributed by atoms with Gasteiger partial charge in [0.25, 0.3) is 0 Å². The maximum absolute atomic E-state index is 12.7. The van der Waals surface area contributed by atoms with Gasteiger partial charge in [0.05, 0.1) is 13.0 Å². The molecule has 0 heterocycles. The summed E-state index contributed by atoms with van der Waals surface area (Å²) >= 11 is 0. The molecule has 0 bridgehead atoms. The van der Waals surface area contributed by atoms with E-state index in [-0.39, 0.29) is 31.6 Å². The number of esters is 2. The molecule has 338 valence electrons. The minimum atomic E-state index is -0.594. The van der Waals surface area contributed by atoms with E-state index in [1.807, 2.05) is 12.2 Å².